The molecule has 0 aliphatic carbocycles. The van der Waals surface area contributed by atoms with Crippen LogP contribution in [0.25, 0.3) is 12.2 Å². The highest BCUT2D eigenvalue weighted by Crippen LogP contribution is 2.30. The molecule has 0 atom stereocenters. The summed E-state index contributed by atoms with van der Waals surface area (Å²) in [6.45, 7) is 0. The smallest absolute Gasteiger partial charge is 0.431 e. The predicted molar refractivity (Wildman–Crippen MR) is 97.2 cm³/mol. The molecule has 0 amide bonds. The Balaban J connectivity index is 2.46. The van der Waals surface area contributed by atoms with E-state index in [-0.39, 0.29) is 5.69 Å². The van der Waals surface area contributed by atoms with Gasteiger partial charge in [-0.25, -0.2) is 4.79 Å². The fourth-order valence-corrected chi connectivity index (χ4v) is 3.92. The van der Waals surface area contributed by atoms with Crippen LogP contribution in [0.1, 0.15) is 17.0 Å². The molecular formula is C14H9F3I2N2O2. The molecule has 0 fully saturated rings. The Morgan fingerprint density at radius 3 is 2.52 bits per heavy atom. The molecule has 1 heterocycles. The molecule has 2 aromatic rings. The van der Waals surface area contributed by atoms with E-state index >= 15 is 0 Å². The molecule has 0 saturated heterocycles. The number of alkyl halides is 3. The van der Waals surface area contributed by atoms with Gasteiger partial charge >= 0.3 is 11.9 Å². The fraction of sp³-hybridized carbons (Fsp3) is 0.143. The lowest BCUT2D eigenvalue weighted by Gasteiger charge is -2.08. The molecule has 0 spiro atoms. The number of benzene rings is 1. The van der Waals surface area contributed by atoms with Gasteiger partial charge in [0.2, 0.25) is 0 Å². The minimum absolute atomic E-state index is 0.0861. The molecule has 1 aromatic carbocycles. The Morgan fingerprint density at radius 1 is 1.22 bits per heavy atom. The van der Waals surface area contributed by atoms with Crippen LogP contribution in [-0.2, 0) is 6.18 Å². The first kappa shape index (κ1) is 18.2. The maximum atomic E-state index is 12.7. The summed E-state index contributed by atoms with van der Waals surface area (Å²) in [6, 6.07) is 4.50. The number of ether oxygens (including phenoxy) is 1. The third-order valence-electron chi connectivity index (χ3n) is 2.74. The third-order valence-corrected chi connectivity index (χ3v) is 4.17. The summed E-state index contributed by atoms with van der Waals surface area (Å²) >= 11 is 4.23. The lowest BCUT2D eigenvalue weighted by molar-refractivity contribution is -0.141. The Labute approximate surface area is 156 Å². The topological polar surface area (TPSA) is 55.0 Å². The zero-order valence-electron chi connectivity index (χ0n) is 11.5. The normalized spacial score (nSPS) is 11.9. The Bertz CT molecular complexity index is 817. The number of nitrogens with one attached hydrogen (secondary N) is 1. The van der Waals surface area contributed by atoms with E-state index in [0.717, 1.165) is 13.2 Å². The van der Waals surface area contributed by atoms with Gasteiger partial charge in [0.05, 0.1) is 16.4 Å². The maximum absolute atomic E-state index is 12.7. The summed E-state index contributed by atoms with van der Waals surface area (Å²) < 4.78 is 45.2. The summed E-state index contributed by atoms with van der Waals surface area (Å²) in [4.78, 5) is 16.5. The second-order valence-corrected chi connectivity index (χ2v) is 6.77. The van der Waals surface area contributed by atoms with Crippen molar-refractivity contribution >= 4 is 57.3 Å². The number of methoxy groups -OCH3 is 1. The number of hydrogen-bond donors (Lipinski definition) is 1. The molecule has 4 nitrogen and oxygen atoms in total. The highest BCUT2D eigenvalue weighted by molar-refractivity contribution is 14.1. The zero-order chi connectivity index (χ0) is 17.2. The Hall–Kier alpha value is -1.11. The van der Waals surface area contributed by atoms with Gasteiger partial charge in [-0.05, 0) is 75.5 Å². The molecule has 1 N–H and O–H groups in total. The van der Waals surface area contributed by atoms with Crippen LogP contribution in [0.15, 0.2) is 23.0 Å². The lowest BCUT2D eigenvalue weighted by Crippen LogP contribution is -2.19. The van der Waals surface area contributed by atoms with Crippen LogP contribution < -0.4 is 10.4 Å². The third kappa shape index (κ3) is 4.68. The van der Waals surface area contributed by atoms with Crippen molar-refractivity contribution in [1.29, 1.82) is 0 Å². The number of H-pyrrole nitrogens is 1. The van der Waals surface area contributed by atoms with Crippen molar-refractivity contribution in [3.8, 4) is 5.75 Å². The molecule has 0 radical (unpaired) electrons. The van der Waals surface area contributed by atoms with Crippen LogP contribution >= 0.6 is 45.2 Å². The van der Waals surface area contributed by atoms with Gasteiger partial charge in [-0.3, -0.25) is 0 Å². The second kappa shape index (κ2) is 7.20. The number of halogens is 5. The highest BCUT2D eigenvalue weighted by Gasteiger charge is 2.32. The van der Waals surface area contributed by atoms with E-state index in [4.69, 9.17) is 4.74 Å². The first-order valence-electron chi connectivity index (χ1n) is 6.10. The van der Waals surface area contributed by atoms with Crippen LogP contribution in [0, 0.1) is 7.14 Å². The lowest BCUT2D eigenvalue weighted by atomic mass is 10.1. The van der Waals surface area contributed by atoms with Crippen molar-refractivity contribution in [3.05, 3.63) is 52.8 Å². The van der Waals surface area contributed by atoms with Crippen LogP contribution in [0.5, 0.6) is 5.75 Å². The summed E-state index contributed by atoms with van der Waals surface area (Å²) in [5.41, 5.74) is -1.60. The summed E-state index contributed by atoms with van der Waals surface area (Å²) in [5, 5.41) is 0. The van der Waals surface area contributed by atoms with E-state index in [1.165, 1.54) is 13.2 Å². The number of aromatic nitrogens is 2. The summed E-state index contributed by atoms with van der Waals surface area (Å²) in [7, 11) is 1.51. The SMILES string of the molecule is COc1c(I)cc(I)cc1/C=C/c1cc(C(F)(F)F)[nH]c(=O)n1. The van der Waals surface area contributed by atoms with Crippen molar-refractivity contribution in [1.82, 2.24) is 9.97 Å². The highest BCUT2D eigenvalue weighted by atomic mass is 127. The van der Waals surface area contributed by atoms with E-state index in [0.29, 0.717) is 11.3 Å². The molecule has 0 aliphatic heterocycles. The van der Waals surface area contributed by atoms with Gasteiger partial charge in [0.15, 0.2) is 0 Å². The second-order valence-electron chi connectivity index (χ2n) is 4.37. The Kier molecular flexibility index (Phi) is 5.70. The number of nitrogens with zero attached hydrogens (tertiary/aromatic N) is 1. The molecule has 2 rings (SSSR count). The first-order chi connectivity index (χ1) is 10.7. The minimum atomic E-state index is -4.64. The molecular weight excluding hydrogens is 539 g/mol. The fourth-order valence-electron chi connectivity index (χ4n) is 1.81. The van der Waals surface area contributed by atoms with E-state index in [9.17, 15) is 18.0 Å². The Morgan fingerprint density at radius 2 is 1.91 bits per heavy atom. The summed E-state index contributed by atoms with van der Waals surface area (Å²) in [6.07, 6.45) is -1.74. The molecule has 0 unspecified atom stereocenters. The largest absolute Gasteiger partial charge is 0.495 e. The van der Waals surface area contributed by atoms with Gasteiger partial charge in [0.1, 0.15) is 11.4 Å². The predicted octanol–water partition coefficient (Wildman–Crippen LogP) is 4.18. The van der Waals surface area contributed by atoms with Gasteiger partial charge < -0.3 is 9.72 Å². The quantitative estimate of drug-likeness (QED) is 0.587. The zero-order valence-corrected chi connectivity index (χ0v) is 15.9. The standard InChI is InChI=1S/C14H9F3I2N2O2/c1-23-12-7(4-8(18)5-10(12)19)2-3-9-6-11(14(15,16)17)21-13(22)20-9/h2-6H,1H3,(H,20,21,22)/b3-2+. The van der Waals surface area contributed by atoms with Crippen molar-refractivity contribution < 1.29 is 17.9 Å². The van der Waals surface area contributed by atoms with Crippen LogP contribution in [-0.4, -0.2) is 17.1 Å². The minimum Gasteiger partial charge on any atom is -0.495 e. The molecule has 0 bridgehead atoms. The molecule has 1 aromatic heterocycles. The van der Waals surface area contributed by atoms with Gasteiger partial charge in [0, 0.05) is 9.13 Å². The maximum Gasteiger partial charge on any atom is 0.431 e. The average Bonchev–Trinajstić information content (AvgIpc) is 2.43. The summed E-state index contributed by atoms with van der Waals surface area (Å²) in [5.74, 6) is 0.600. The van der Waals surface area contributed by atoms with Gasteiger partial charge in [-0.1, -0.05) is 0 Å². The van der Waals surface area contributed by atoms with Crippen molar-refractivity contribution in [2.45, 2.75) is 6.18 Å². The molecule has 9 heteroatoms. The van der Waals surface area contributed by atoms with Crippen LogP contribution in [0.4, 0.5) is 13.2 Å². The van der Waals surface area contributed by atoms with Crippen LogP contribution in [0.3, 0.4) is 0 Å². The number of rotatable bonds is 3. The molecule has 0 saturated carbocycles. The van der Waals surface area contributed by atoms with E-state index in [1.54, 1.807) is 11.1 Å². The average molecular weight is 548 g/mol. The molecule has 122 valence electrons. The van der Waals surface area contributed by atoms with E-state index in [1.807, 2.05) is 12.1 Å². The van der Waals surface area contributed by atoms with Crippen LogP contribution in [0.2, 0.25) is 0 Å². The van der Waals surface area contributed by atoms with Gasteiger partial charge in [-0.2, -0.15) is 18.2 Å². The van der Waals surface area contributed by atoms with Gasteiger partial charge in [-0.15, -0.1) is 0 Å². The first-order valence-corrected chi connectivity index (χ1v) is 8.26. The van der Waals surface area contributed by atoms with Crippen molar-refractivity contribution in [2.75, 3.05) is 7.11 Å². The number of aromatic amines is 1. The van der Waals surface area contributed by atoms with Gasteiger partial charge in [0.25, 0.3) is 0 Å². The van der Waals surface area contributed by atoms with E-state index < -0.39 is 17.6 Å². The monoisotopic (exact) mass is 548 g/mol. The molecule has 0 aliphatic rings. The number of hydrogen-bond acceptors (Lipinski definition) is 3. The van der Waals surface area contributed by atoms with Crippen molar-refractivity contribution in [3.63, 3.8) is 0 Å². The van der Waals surface area contributed by atoms with Crippen molar-refractivity contribution in [2.24, 2.45) is 0 Å². The van der Waals surface area contributed by atoms with E-state index in [2.05, 4.69) is 50.2 Å². The molecule has 23 heavy (non-hydrogen) atoms.